The van der Waals surface area contributed by atoms with Gasteiger partial charge in [-0.05, 0) is 34.7 Å². The summed E-state index contributed by atoms with van der Waals surface area (Å²) < 4.78 is 43.4. The van der Waals surface area contributed by atoms with E-state index in [1.807, 2.05) is 24.3 Å². The summed E-state index contributed by atoms with van der Waals surface area (Å²) in [6.45, 7) is 6.23. The third kappa shape index (κ3) is 6.07. The third-order valence-corrected chi connectivity index (χ3v) is 4.50. The molecule has 1 amide bonds. The van der Waals surface area contributed by atoms with Gasteiger partial charge in [-0.3, -0.25) is 4.79 Å². The average molecular weight is 407 g/mol. The molecule has 4 nitrogen and oxygen atoms in total. The maximum absolute atomic E-state index is 12.9. The van der Waals surface area contributed by atoms with Gasteiger partial charge < -0.3 is 10.1 Å². The maximum atomic E-state index is 12.9. The first-order chi connectivity index (χ1) is 13.4. The van der Waals surface area contributed by atoms with Crippen LogP contribution in [0, 0.1) is 0 Å². The number of halogens is 3. The van der Waals surface area contributed by atoms with Crippen LogP contribution in [0.5, 0.6) is 0 Å². The number of carbonyl (C=O) groups is 2. The van der Waals surface area contributed by atoms with Crippen LogP contribution in [0.4, 0.5) is 13.2 Å². The van der Waals surface area contributed by atoms with E-state index in [2.05, 4.69) is 26.1 Å². The number of hydrogen-bond donors (Lipinski definition) is 1. The zero-order chi connectivity index (χ0) is 21.8. The molecule has 0 fully saturated rings. The molecule has 0 aromatic heterocycles. The fourth-order valence-electron chi connectivity index (χ4n) is 2.79. The van der Waals surface area contributed by atoms with Crippen LogP contribution in [0.3, 0.4) is 0 Å². The highest BCUT2D eigenvalue weighted by molar-refractivity contribution is 5.97. The largest absolute Gasteiger partial charge is 0.467 e. The molecule has 0 radical (unpaired) electrons. The standard InChI is InChI=1S/C22H24F3NO3/c1-21(2,3)16-10-8-14(9-11-16)12-18(20(28)29-4)26-19(27)15-6-5-7-17(13-15)22(23,24)25/h5-11,13,18H,12H2,1-4H3,(H,26,27)/t18-/m0/s1. The second kappa shape index (κ2) is 8.68. The highest BCUT2D eigenvalue weighted by Crippen LogP contribution is 2.29. The molecule has 0 spiro atoms. The first kappa shape index (κ1) is 22.5. The molecule has 0 bridgehead atoms. The molecule has 7 heteroatoms. The molecule has 0 aliphatic rings. The van der Waals surface area contributed by atoms with Crippen molar-refractivity contribution in [1.29, 1.82) is 0 Å². The Morgan fingerprint density at radius 3 is 2.14 bits per heavy atom. The molecule has 2 aromatic rings. The van der Waals surface area contributed by atoms with Crippen molar-refractivity contribution >= 4 is 11.9 Å². The Labute approximate surface area is 168 Å². The summed E-state index contributed by atoms with van der Waals surface area (Å²) in [7, 11) is 1.19. The monoisotopic (exact) mass is 407 g/mol. The zero-order valence-corrected chi connectivity index (χ0v) is 16.8. The van der Waals surface area contributed by atoms with Gasteiger partial charge in [-0.25, -0.2) is 4.79 Å². The van der Waals surface area contributed by atoms with Crippen molar-refractivity contribution in [3.05, 3.63) is 70.8 Å². The van der Waals surface area contributed by atoms with E-state index < -0.39 is 29.7 Å². The molecular weight excluding hydrogens is 383 g/mol. The molecule has 1 N–H and O–H groups in total. The van der Waals surface area contributed by atoms with Gasteiger partial charge in [0.05, 0.1) is 12.7 Å². The van der Waals surface area contributed by atoms with Crippen LogP contribution < -0.4 is 5.32 Å². The minimum Gasteiger partial charge on any atom is -0.467 e. The van der Waals surface area contributed by atoms with E-state index in [-0.39, 0.29) is 17.4 Å². The number of esters is 1. The predicted molar refractivity (Wildman–Crippen MR) is 104 cm³/mol. The number of nitrogens with one attached hydrogen (secondary N) is 1. The lowest BCUT2D eigenvalue weighted by atomic mass is 9.86. The molecule has 29 heavy (non-hydrogen) atoms. The van der Waals surface area contributed by atoms with Gasteiger partial charge in [-0.2, -0.15) is 13.2 Å². The number of ether oxygens (including phenoxy) is 1. The minimum atomic E-state index is -4.56. The number of hydrogen-bond acceptors (Lipinski definition) is 3. The Bertz CT molecular complexity index is 868. The molecule has 0 aliphatic carbocycles. The lowest BCUT2D eigenvalue weighted by Crippen LogP contribution is -2.43. The first-order valence-electron chi connectivity index (χ1n) is 9.07. The van der Waals surface area contributed by atoms with Crippen molar-refractivity contribution in [2.24, 2.45) is 0 Å². The van der Waals surface area contributed by atoms with Gasteiger partial charge in [0.15, 0.2) is 0 Å². The topological polar surface area (TPSA) is 55.4 Å². The lowest BCUT2D eigenvalue weighted by molar-refractivity contribution is -0.143. The average Bonchev–Trinajstić information content (AvgIpc) is 2.66. The number of amides is 1. The fourth-order valence-corrected chi connectivity index (χ4v) is 2.79. The number of benzene rings is 2. The highest BCUT2D eigenvalue weighted by Gasteiger charge is 2.31. The number of rotatable bonds is 5. The number of methoxy groups -OCH3 is 1. The van der Waals surface area contributed by atoms with E-state index in [1.165, 1.54) is 13.2 Å². The molecule has 1 atom stereocenters. The van der Waals surface area contributed by atoms with Crippen LogP contribution in [-0.4, -0.2) is 25.0 Å². The van der Waals surface area contributed by atoms with Gasteiger partial charge in [0.25, 0.3) is 5.91 Å². The summed E-state index contributed by atoms with van der Waals surface area (Å²) in [6, 6.07) is 10.6. The lowest BCUT2D eigenvalue weighted by Gasteiger charge is -2.20. The van der Waals surface area contributed by atoms with Crippen molar-refractivity contribution < 1.29 is 27.5 Å². The minimum absolute atomic E-state index is 0.0298. The fraction of sp³-hybridized carbons (Fsp3) is 0.364. The highest BCUT2D eigenvalue weighted by atomic mass is 19.4. The van der Waals surface area contributed by atoms with E-state index in [9.17, 15) is 22.8 Å². The quantitative estimate of drug-likeness (QED) is 0.742. The summed E-state index contributed by atoms with van der Waals surface area (Å²) in [5, 5.41) is 2.48. The summed E-state index contributed by atoms with van der Waals surface area (Å²) in [4.78, 5) is 24.6. The Kier molecular flexibility index (Phi) is 6.72. The third-order valence-electron chi connectivity index (χ3n) is 4.50. The van der Waals surface area contributed by atoms with E-state index in [0.29, 0.717) is 0 Å². The molecule has 2 aromatic carbocycles. The SMILES string of the molecule is COC(=O)[C@H](Cc1ccc(C(C)(C)C)cc1)NC(=O)c1cccc(C(F)(F)F)c1. The van der Waals surface area contributed by atoms with Crippen LogP contribution in [0.2, 0.25) is 0 Å². The van der Waals surface area contributed by atoms with Crippen molar-refractivity contribution in [2.75, 3.05) is 7.11 Å². The summed E-state index contributed by atoms with van der Waals surface area (Å²) in [5.41, 5.74) is 0.758. The Balaban J connectivity index is 2.19. The van der Waals surface area contributed by atoms with E-state index in [0.717, 1.165) is 29.3 Å². The Morgan fingerprint density at radius 2 is 1.62 bits per heavy atom. The van der Waals surface area contributed by atoms with Crippen LogP contribution in [0.1, 0.15) is 47.8 Å². The second-order valence-electron chi connectivity index (χ2n) is 7.78. The van der Waals surface area contributed by atoms with Gasteiger partial charge in [0.2, 0.25) is 0 Å². The predicted octanol–water partition coefficient (Wildman–Crippen LogP) is 4.52. The van der Waals surface area contributed by atoms with Crippen LogP contribution >= 0.6 is 0 Å². The van der Waals surface area contributed by atoms with Crippen LogP contribution in [-0.2, 0) is 27.5 Å². The second-order valence-corrected chi connectivity index (χ2v) is 7.78. The molecule has 0 unspecified atom stereocenters. The van der Waals surface area contributed by atoms with E-state index in [1.54, 1.807) is 0 Å². The number of carbonyl (C=O) groups excluding carboxylic acids is 2. The van der Waals surface area contributed by atoms with E-state index in [4.69, 9.17) is 4.74 Å². The molecule has 2 rings (SSSR count). The zero-order valence-electron chi connectivity index (χ0n) is 16.8. The summed E-state index contributed by atoms with van der Waals surface area (Å²) in [6.07, 6.45) is -4.41. The molecular formula is C22H24F3NO3. The normalized spacial score (nSPS) is 12.9. The molecule has 0 aliphatic heterocycles. The van der Waals surface area contributed by atoms with E-state index >= 15 is 0 Å². The molecule has 0 saturated heterocycles. The summed E-state index contributed by atoms with van der Waals surface area (Å²) >= 11 is 0. The van der Waals surface area contributed by atoms with Crippen LogP contribution in [0.15, 0.2) is 48.5 Å². The first-order valence-corrected chi connectivity index (χ1v) is 9.07. The van der Waals surface area contributed by atoms with Gasteiger partial charge in [-0.15, -0.1) is 0 Å². The molecule has 0 heterocycles. The Morgan fingerprint density at radius 1 is 1.00 bits per heavy atom. The summed E-state index contributed by atoms with van der Waals surface area (Å²) in [5.74, 6) is -1.46. The van der Waals surface area contributed by atoms with Crippen molar-refractivity contribution in [2.45, 2.75) is 44.8 Å². The van der Waals surface area contributed by atoms with Crippen molar-refractivity contribution in [1.82, 2.24) is 5.32 Å². The Hall–Kier alpha value is -2.83. The van der Waals surface area contributed by atoms with Gasteiger partial charge in [0.1, 0.15) is 6.04 Å². The van der Waals surface area contributed by atoms with Gasteiger partial charge in [0, 0.05) is 12.0 Å². The van der Waals surface area contributed by atoms with Crippen molar-refractivity contribution in [3.63, 3.8) is 0 Å². The van der Waals surface area contributed by atoms with Crippen molar-refractivity contribution in [3.8, 4) is 0 Å². The van der Waals surface area contributed by atoms with Gasteiger partial charge in [-0.1, -0.05) is 51.1 Å². The molecule has 0 saturated carbocycles. The maximum Gasteiger partial charge on any atom is 0.416 e. The smallest absolute Gasteiger partial charge is 0.416 e. The van der Waals surface area contributed by atoms with Crippen LogP contribution in [0.25, 0.3) is 0 Å². The number of alkyl halides is 3. The molecule has 156 valence electrons. The van der Waals surface area contributed by atoms with Gasteiger partial charge >= 0.3 is 12.1 Å².